The number of esters is 1. The van der Waals surface area contributed by atoms with Crippen LogP contribution in [0.5, 0.6) is 0 Å². The van der Waals surface area contributed by atoms with Crippen molar-refractivity contribution in [2.24, 2.45) is 0 Å². The van der Waals surface area contributed by atoms with Crippen LogP contribution in [0.3, 0.4) is 0 Å². The summed E-state index contributed by atoms with van der Waals surface area (Å²) < 4.78 is 24.0. The number of aromatic nitrogens is 3. The molecule has 5 nitrogen and oxygen atoms in total. The molecule has 0 spiro atoms. The molecule has 0 aliphatic carbocycles. The van der Waals surface area contributed by atoms with Gasteiger partial charge >= 0.3 is 5.97 Å². The largest absolute Gasteiger partial charge is 0.462 e. The lowest BCUT2D eigenvalue weighted by Crippen LogP contribution is -2.07. The number of fused-ring (bicyclic) bond motifs is 1. The number of carbonyl (C=O) groups is 1. The maximum atomic E-state index is 15.1. The van der Waals surface area contributed by atoms with Crippen molar-refractivity contribution in [1.82, 2.24) is 14.3 Å². The predicted octanol–water partition coefficient (Wildman–Crippen LogP) is 6.28. The summed E-state index contributed by atoms with van der Waals surface area (Å²) in [5.41, 5.74) is 2.67. The summed E-state index contributed by atoms with van der Waals surface area (Å²) in [6.45, 7) is 6.64. The number of ether oxygens (including phenoxy) is 1. The molecular formula is C23H21ClFN3O2S. The van der Waals surface area contributed by atoms with E-state index in [1.54, 1.807) is 25.3 Å². The van der Waals surface area contributed by atoms with Gasteiger partial charge in [-0.15, -0.1) is 0 Å². The summed E-state index contributed by atoms with van der Waals surface area (Å²) in [4.78, 5) is 13.3. The Hall–Kier alpha value is -2.77. The van der Waals surface area contributed by atoms with Crippen LogP contribution in [0.25, 0.3) is 16.6 Å². The van der Waals surface area contributed by atoms with Gasteiger partial charge in [0.15, 0.2) is 5.82 Å². The Labute approximate surface area is 188 Å². The predicted molar refractivity (Wildman–Crippen MR) is 121 cm³/mol. The van der Waals surface area contributed by atoms with Gasteiger partial charge < -0.3 is 9.30 Å². The third-order valence-electron chi connectivity index (χ3n) is 4.98. The molecule has 0 aliphatic heterocycles. The topological polar surface area (TPSA) is 49.1 Å². The van der Waals surface area contributed by atoms with Crippen molar-refractivity contribution >= 4 is 40.2 Å². The average Bonchev–Trinajstić information content (AvgIpc) is 3.32. The SMILES string of the molecule is CCOC(=O)c1cccc(Sc2c(C)n(-c3cnn(CC)c3)c3cc(Cl)ccc23)c1F. The minimum atomic E-state index is -0.666. The second kappa shape index (κ2) is 8.77. The van der Waals surface area contributed by atoms with Gasteiger partial charge in [-0.2, -0.15) is 5.10 Å². The second-order valence-corrected chi connectivity index (χ2v) is 8.39. The number of hydrogen-bond acceptors (Lipinski definition) is 4. The van der Waals surface area contributed by atoms with E-state index >= 15 is 4.39 Å². The Morgan fingerprint density at radius 1 is 1.26 bits per heavy atom. The highest BCUT2D eigenvalue weighted by atomic mass is 35.5. The van der Waals surface area contributed by atoms with Crippen molar-refractivity contribution in [2.45, 2.75) is 37.1 Å². The molecular weight excluding hydrogens is 437 g/mol. The molecule has 0 N–H and O–H groups in total. The monoisotopic (exact) mass is 457 g/mol. The first kappa shape index (κ1) is 21.5. The maximum absolute atomic E-state index is 15.1. The highest BCUT2D eigenvalue weighted by Gasteiger charge is 2.21. The fourth-order valence-electron chi connectivity index (χ4n) is 3.53. The first-order valence-corrected chi connectivity index (χ1v) is 11.1. The summed E-state index contributed by atoms with van der Waals surface area (Å²) >= 11 is 7.57. The van der Waals surface area contributed by atoms with Crippen molar-refractivity contribution < 1.29 is 13.9 Å². The third kappa shape index (κ3) is 3.95. The molecule has 0 bridgehead atoms. The van der Waals surface area contributed by atoms with Gasteiger partial charge in [0.1, 0.15) is 0 Å². The zero-order valence-corrected chi connectivity index (χ0v) is 18.9. The van der Waals surface area contributed by atoms with E-state index in [1.807, 2.05) is 42.9 Å². The fraction of sp³-hybridized carbons (Fsp3) is 0.217. The number of benzene rings is 2. The van der Waals surface area contributed by atoms with E-state index in [2.05, 4.69) is 9.67 Å². The Kier molecular flexibility index (Phi) is 6.07. The number of rotatable bonds is 6. The summed E-state index contributed by atoms with van der Waals surface area (Å²) in [5, 5.41) is 5.94. The van der Waals surface area contributed by atoms with Gasteiger partial charge in [0, 0.05) is 38.6 Å². The molecule has 0 fully saturated rings. The molecule has 160 valence electrons. The molecule has 2 aromatic heterocycles. The van der Waals surface area contributed by atoms with Gasteiger partial charge in [0.25, 0.3) is 0 Å². The smallest absolute Gasteiger partial charge is 0.341 e. The van der Waals surface area contributed by atoms with Crippen LogP contribution in [-0.2, 0) is 11.3 Å². The van der Waals surface area contributed by atoms with Crippen molar-refractivity contribution in [3.63, 3.8) is 0 Å². The van der Waals surface area contributed by atoms with Crippen LogP contribution >= 0.6 is 23.4 Å². The van der Waals surface area contributed by atoms with Crippen molar-refractivity contribution in [3.05, 3.63) is 70.9 Å². The third-order valence-corrected chi connectivity index (χ3v) is 6.47. The van der Waals surface area contributed by atoms with Gasteiger partial charge in [-0.1, -0.05) is 35.5 Å². The number of nitrogens with zero attached hydrogens (tertiary/aromatic N) is 3. The van der Waals surface area contributed by atoms with Gasteiger partial charge in [-0.3, -0.25) is 4.68 Å². The van der Waals surface area contributed by atoms with Crippen LogP contribution in [0, 0.1) is 12.7 Å². The Balaban J connectivity index is 1.85. The number of aryl methyl sites for hydroxylation is 1. The van der Waals surface area contributed by atoms with E-state index in [4.69, 9.17) is 16.3 Å². The fourth-order valence-corrected chi connectivity index (χ4v) is 4.78. The number of hydrogen-bond donors (Lipinski definition) is 0. The minimum absolute atomic E-state index is 0.0690. The molecule has 0 radical (unpaired) electrons. The number of carbonyl (C=O) groups excluding carboxylic acids is 1. The molecule has 0 atom stereocenters. The van der Waals surface area contributed by atoms with Crippen molar-refractivity contribution in [1.29, 1.82) is 0 Å². The number of halogens is 2. The lowest BCUT2D eigenvalue weighted by Gasteiger charge is -2.09. The van der Waals surface area contributed by atoms with E-state index in [1.165, 1.54) is 17.8 Å². The van der Waals surface area contributed by atoms with Crippen LogP contribution in [0.4, 0.5) is 4.39 Å². The molecule has 8 heteroatoms. The highest BCUT2D eigenvalue weighted by molar-refractivity contribution is 7.99. The van der Waals surface area contributed by atoms with E-state index in [0.29, 0.717) is 9.92 Å². The van der Waals surface area contributed by atoms with Crippen molar-refractivity contribution in [2.75, 3.05) is 6.61 Å². The lowest BCUT2D eigenvalue weighted by atomic mass is 10.2. The van der Waals surface area contributed by atoms with Crippen LogP contribution in [0.2, 0.25) is 5.02 Å². The normalized spacial score (nSPS) is 11.3. The molecule has 2 aromatic carbocycles. The molecule has 0 unspecified atom stereocenters. The molecule has 4 rings (SSSR count). The Bertz CT molecular complexity index is 1280. The van der Waals surface area contributed by atoms with Crippen LogP contribution in [0.15, 0.2) is 58.6 Å². The first-order chi connectivity index (χ1) is 14.9. The summed E-state index contributed by atoms with van der Waals surface area (Å²) in [7, 11) is 0. The molecule has 4 aromatic rings. The standard InChI is InChI=1S/C23H21ClFN3O2S/c1-4-27-13-16(12-26-27)28-14(3)22(17-10-9-15(24)11-19(17)28)31-20-8-6-7-18(21(20)25)23(29)30-5-2/h6-13H,4-5H2,1-3H3. The molecule has 0 saturated carbocycles. The summed E-state index contributed by atoms with van der Waals surface area (Å²) in [6, 6.07) is 10.4. The van der Waals surface area contributed by atoms with Crippen LogP contribution in [-0.4, -0.2) is 26.9 Å². The van der Waals surface area contributed by atoms with Gasteiger partial charge in [0.05, 0.1) is 29.6 Å². The second-order valence-electron chi connectivity index (χ2n) is 6.91. The first-order valence-electron chi connectivity index (χ1n) is 9.91. The molecule has 0 saturated heterocycles. The highest BCUT2D eigenvalue weighted by Crippen LogP contribution is 2.41. The van der Waals surface area contributed by atoms with Crippen LogP contribution < -0.4 is 0 Å². The van der Waals surface area contributed by atoms with E-state index in [-0.39, 0.29) is 12.2 Å². The molecule has 2 heterocycles. The van der Waals surface area contributed by atoms with Gasteiger partial charge in [-0.25, -0.2) is 9.18 Å². The van der Waals surface area contributed by atoms with Gasteiger partial charge in [-0.05, 0) is 45.0 Å². The Morgan fingerprint density at radius 3 is 2.77 bits per heavy atom. The van der Waals surface area contributed by atoms with Crippen molar-refractivity contribution in [3.8, 4) is 5.69 Å². The minimum Gasteiger partial charge on any atom is -0.462 e. The van der Waals surface area contributed by atoms with E-state index < -0.39 is 11.8 Å². The lowest BCUT2D eigenvalue weighted by molar-refractivity contribution is 0.0520. The summed E-state index contributed by atoms with van der Waals surface area (Å²) in [5.74, 6) is -1.25. The van der Waals surface area contributed by atoms with Gasteiger partial charge in [0.2, 0.25) is 0 Å². The van der Waals surface area contributed by atoms with E-state index in [9.17, 15) is 4.79 Å². The molecule has 0 aliphatic rings. The zero-order valence-electron chi connectivity index (χ0n) is 17.4. The average molecular weight is 458 g/mol. The quantitative estimate of drug-likeness (QED) is 0.320. The molecule has 0 amide bonds. The zero-order chi connectivity index (χ0) is 22.1. The van der Waals surface area contributed by atoms with E-state index in [0.717, 1.165) is 33.7 Å². The molecule has 31 heavy (non-hydrogen) atoms. The summed E-state index contributed by atoms with van der Waals surface area (Å²) in [6.07, 6.45) is 3.76. The maximum Gasteiger partial charge on any atom is 0.341 e. The van der Waals surface area contributed by atoms with Crippen LogP contribution in [0.1, 0.15) is 29.9 Å². The Morgan fingerprint density at radius 2 is 2.06 bits per heavy atom.